The number of alkyl halides is 7. The Bertz CT molecular complexity index is 736. The lowest BCUT2D eigenvalue weighted by Gasteiger charge is -2.17. The molecule has 1 nitrogen and oxygen atoms in total. The number of carbonyl (C=O) groups excluding carboxylic acids is 1. The topological polar surface area (TPSA) is 17.1 Å². The summed E-state index contributed by atoms with van der Waals surface area (Å²) in [5, 5.41) is -1.53. The maximum Gasteiger partial charge on any atom is 0.417 e. The second-order valence-corrected chi connectivity index (χ2v) is 5.33. The summed E-state index contributed by atoms with van der Waals surface area (Å²) in [4.78, 5) is 12.3. The van der Waals surface area contributed by atoms with Crippen molar-refractivity contribution in [3.05, 3.63) is 70.8 Å². The van der Waals surface area contributed by atoms with E-state index in [4.69, 9.17) is 11.6 Å². The molecular formula is C16H9ClF6O. The van der Waals surface area contributed by atoms with Gasteiger partial charge >= 0.3 is 12.4 Å². The minimum atomic E-state index is -4.98. The van der Waals surface area contributed by atoms with Crippen LogP contribution in [0, 0.1) is 0 Å². The standard InChI is InChI=1S/C16H9ClF6O/c17-13(9-4-2-1-3-5-9)14(24)11-8-10(15(18,19)20)6-7-12(11)16(21,22)23/h1-8,13H. The highest BCUT2D eigenvalue weighted by Gasteiger charge is 2.39. The molecule has 2 aromatic carbocycles. The molecule has 0 amide bonds. The van der Waals surface area contributed by atoms with E-state index >= 15 is 0 Å². The first-order valence-electron chi connectivity index (χ1n) is 6.53. The van der Waals surface area contributed by atoms with Crippen molar-refractivity contribution in [2.75, 3.05) is 0 Å². The number of rotatable bonds is 3. The third-order valence-corrected chi connectivity index (χ3v) is 3.69. The third kappa shape index (κ3) is 3.90. The van der Waals surface area contributed by atoms with Gasteiger partial charge in [-0.15, -0.1) is 11.6 Å². The molecule has 0 aliphatic carbocycles. The number of hydrogen-bond acceptors (Lipinski definition) is 1. The normalized spacial score (nSPS) is 13.6. The molecule has 0 aliphatic heterocycles. The van der Waals surface area contributed by atoms with Gasteiger partial charge in [0.25, 0.3) is 0 Å². The van der Waals surface area contributed by atoms with Crippen molar-refractivity contribution in [3.8, 4) is 0 Å². The van der Waals surface area contributed by atoms with Crippen LogP contribution in [0.25, 0.3) is 0 Å². The van der Waals surface area contributed by atoms with Crippen LogP contribution in [0.4, 0.5) is 26.3 Å². The summed E-state index contributed by atoms with van der Waals surface area (Å²) >= 11 is 5.88. The highest BCUT2D eigenvalue weighted by atomic mass is 35.5. The fourth-order valence-electron chi connectivity index (χ4n) is 2.08. The van der Waals surface area contributed by atoms with Crippen LogP contribution in [0.1, 0.15) is 32.4 Å². The van der Waals surface area contributed by atoms with E-state index in [1.165, 1.54) is 24.3 Å². The Labute approximate surface area is 137 Å². The second kappa shape index (κ2) is 6.47. The number of benzene rings is 2. The van der Waals surface area contributed by atoms with Crippen LogP contribution in [0.5, 0.6) is 0 Å². The molecular weight excluding hydrogens is 358 g/mol. The summed E-state index contributed by atoms with van der Waals surface area (Å²) in [6.45, 7) is 0. The van der Waals surface area contributed by atoms with Gasteiger partial charge in [0.05, 0.1) is 11.1 Å². The number of ketones is 1. The first kappa shape index (κ1) is 18.3. The maximum absolute atomic E-state index is 13.0. The fourth-order valence-corrected chi connectivity index (χ4v) is 2.34. The fraction of sp³-hybridized carbons (Fsp3) is 0.188. The molecule has 1 atom stereocenters. The molecule has 0 aliphatic rings. The monoisotopic (exact) mass is 366 g/mol. The average molecular weight is 367 g/mol. The molecule has 0 fully saturated rings. The average Bonchev–Trinajstić information content (AvgIpc) is 2.52. The van der Waals surface area contributed by atoms with E-state index in [0.717, 1.165) is 0 Å². The lowest BCUT2D eigenvalue weighted by atomic mass is 9.95. The largest absolute Gasteiger partial charge is 0.417 e. The first-order chi connectivity index (χ1) is 11.0. The molecule has 0 saturated carbocycles. The van der Waals surface area contributed by atoms with E-state index in [9.17, 15) is 31.1 Å². The van der Waals surface area contributed by atoms with Crippen LogP contribution in [0.15, 0.2) is 48.5 Å². The zero-order valence-electron chi connectivity index (χ0n) is 11.8. The minimum absolute atomic E-state index is 0.184. The predicted molar refractivity (Wildman–Crippen MR) is 75.8 cm³/mol. The minimum Gasteiger partial charge on any atom is -0.292 e. The zero-order valence-corrected chi connectivity index (χ0v) is 12.5. The van der Waals surface area contributed by atoms with E-state index in [-0.39, 0.29) is 23.8 Å². The lowest BCUT2D eigenvalue weighted by Crippen LogP contribution is -2.18. The molecule has 0 aromatic heterocycles. The Morgan fingerprint density at radius 2 is 1.46 bits per heavy atom. The molecule has 24 heavy (non-hydrogen) atoms. The Morgan fingerprint density at radius 3 is 1.96 bits per heavy atom. The van der Waals surface area contributed by atoms with E-state index in [0.29, 0.717) is 0 Å². The van der Waals surface area contributed by atoms with E-state index in [1.54, 1.807) is 6.07 Å². The van der Waals surface area contributed by atoms with Crippen molar-refractivity contribution in [2.24, 2.45) is 0 Å². The molecule has 1 unspecified atom stereocenters. The molecule has 2 aromatic rings. The Kier molecular flexibility index (Phi) is 4.94. The number of carbonyl (C=O) groups is 1. The van der Waals surface area contributed by atoms with Gasteiger partial charge in [0.1, 0.15) is 5.38 Å². The molecule has 0 spiro atoms. The highest BCUT2D eigenvalue weighted by Crippen LogP contribution is 2.38. The van der Waals surface area contributed by atoms with Crippen molar-refractivity contribution >= 4 is 17.4 Å². The van der Waals surface area contributed by atoms with Gasteiger partial charge in [-0.1, -0.05) is 30.3 Å². The first-order valence-corrected chi connectivity index (χ1v) is 6.97. The molecule has 2 rings (SSSR count). The predicted octanol–water partition coefficient (Wildman–Crippen LogP) is 5.89. The number of Topliss-reactive ketones (excluding diaryl/α,β-unsaturated/α-hetero) is 1. The zero-order chi connectivity index (χ0) is 18.1. The molecule has 0 radical (unpaired) electrons. The smallest absolute Gasteiger partial charge is 0.292 e. The van der Waals surface area contributed by atoms with Gasteiger partial charge in [0, 0.05) is 5.56 Å². The summed E-state index contributed by atoms with van der Waals surface area (Å²) in [6, 6.07) is 8.12. The van der Waals surface area contributed by atoms with Gasteiger partial charge in [-0.2, -0.15) is 26.3 Å². The highest BCUT2D eigenvalue weighted by molar-refractivity contribution is 6.34. The summed E-state index contributed by atoms with van der Waals surface area (Å²) < 4.78 is 77.4. The third-order valence-electron chi connectivity index (χ3n) is 3.24. The Morgan fingerprint density at radius 1 is 0.875 bits per heavy atom. The van der Waals surface area contributed by atoms with Gasteiger partial charge in [-0.3, -0.25) is 4.79 Å². The molecule has 128 valence electrons. The van der Waals surface area contributed by atoms with Crippen molar-refractivity contribution in [1.29, 1.82) is 0 Å². The molecule has 8 heteroatoms. The van der Waals surface area contributed by atoms with E-state index < -0.39 is 40.2 Å². The van der Waals surface area contributed by atoms with Crippen LogP contribution >= 0.6 is 11.6 Å². The summed E-state index contributed by atoms with van der Waals surface area (Å²) in [6.07, 6.45) is -9.86. The van der Waals surface area contributed by atoms with Crippen molar-refractivity contribution in [3.63, 3.8) is 0 Å². The molecule has 0 bridgehead atoms. The number of hydrogen-bond donors (Lipinski definition) is 0. The van der Waals surface area contributed by atoms with Gasteiger partial charge in [0.2, 0.25) is 0 Å². The van der Waals surface area contributed by atoms with Crippen molar-refractivity contribution in [2.45, 2.75) is 17.7 Å². The van der Waals surface area contributed by atoms with Crippen LogP contribution in [0.3, 0.4) is 0 Å². The SMILES string of the molecule is O=C(c1cc(C(F)(F)F)ccc1C(F)(F)F)C(Cl)c1ccccc1. The van der Waals surface area contributed by atoms with Crippen molar-refractivity contribution in [1.82, 2.24) is 0 Å². The quantitative estimate of drug-likeness (QED) is 0.376. The summed E-state index contributed by atoms with van der Waals surface area (Å²) in [5.41, 5.74) is -3.73. The van der Waals surface area contributed by atoms with E-state index in [1.807, 2.05) is 0 Å². The molecule has 0 heterocycles. The van der Waals surface area contributed by atoms with Gasteiger partial charge in [-0.25, -0.2) is 0 Å². The van der Waals surface area contributed by atoms with Crippen LogP contribution < -0.4 is 0 Å². The van der Waals surface area contributed by atoms with Crippen LogP contribution in [-0.2, 0) is 12.4 Å². The lowest BCUT2D eigenvalue weighted by molar-refractivity contribution is -0.141. The van der Waals surface area contributed by atoms with Gasteiger partial charge in [0.15, 0.2) is 5.78 Å². The van der Waals surface area contributed by atoms with Gasteiger partial charge < -0.3 is 0 Å². The summed E-state index contributed by atoms with van der Waals surface area (Å²) in [5.74, 6) is -1.25. The second-order valence-electron chi connectivity index (χ2n) is 4.89. The van der Waals surface area contributed by atoms with E-state index in [2.05, 4.69) is 0 Å². The molecule has 0 saturated heterocycles. The van der Waals surface area contributed by atoms with Crippen molar-refractivity contribution < 1.29 is 31.1 Å². The number of halogens is 7. The summed E-state index contributed by atoms with van der Waals surface area (Å²) in [7, 11) is 0. The molecule has 0 N–H and O–H groups in total. The van der Waals surface area contributed by atoms with Gasteiger partial charge in [-0.05, 0) is 23.8 Å². The maximum atomic E-state index is 13.0. The van der Waals surface area contributed by atoms with Crippen LogP contribution in [0.2, 0.25) is 0 Å². The van der Waals surface area contributed by atoms with Crippen LogP contribution in [-0.4, -0.2) is 5.78 Å². The Balaban J connectivity index is 2.55. The Hall–Kier alpha value is -2.02.